The van der Waals surface area contributed by atoms with Gasteiger partial charge in [0.2, 0.25) is 0 Å². The van der Waals surface area contributed by atoms with Gasteiger partial charge >= 0.3 is 0 Å². The molecule has 184 valence electrons. The molecule has 2 aromatic rings. The molecule has 6 nitrogen and oxygen atoms in total. The van der Waals surface area contributed by atoms with Crippen molar-refractivity contribution in [2.45, 2.75) is 72.0 Å². The minimum absolute atomic E-state index is 0.0571. The van der Waals surface area contributed by atoms with Crippen LogP contribution < -0.4 is 0 Å². The lowest BCUT2D eigenvalue weighted by atomic mass is 9.84. The summed E-state index contributed by atoms with van der Waals surface area (Å²) in [7, 11) is 0. The molecule has 35 heavy (non-hydrogen) atoms. The van der Waals surface area contributed by atoms with Crippen LogP contribution in [0.25, 0.3) is 0 Å². The molecule has 5 rings (SSSR count). The monoisotopic (exact) mass is 473 g/mol. The number of aliphatic imine (C=N–C) groups is 3. The Labute approximate surface area is 208 Å². The van der Waals surface area contributed by atoms with E-state index >= 15 is 0 Å². The number of benzene rings is 2. The molecule has 3 aliphatic heterocycles. The van der Waals surface area contributed by atoms with E-state index in [1.54, 1.807) is 0 Å². The molecule has 0 N–H and O–H groups in total. The third-order valence-corrected chi connectivity index (χ3v) is 7.30. The minimum Gasteiger partial charge on any atom is -0.478 e. The van der Waals surface area contributed by atoms with Crippen LogP contribution in [-0.4, -0.2) is 49.6 Å². The third kappa shape index (κ3) is 4.97. The summed E-state index contributed by atoms with van der Waals surface area (Å²) in [6.45, 7) is 12.7. The Morgan fingerprint density at radius 1 is 0.629 bits per heavy atom. The molecule has 3 atom stereocenters. The molecule has 0 aromatic heterocycles. The predicted octanol–water partition coefficient (Wildman–Crippen LogP) is 5.04. The molecule has 2 aromatic carbocycles. The van der Waals surface area contributed by atoms with E-state index in [9.17, 15) is 0 Å². The fourth-order valence-electron chi connectivity index (χ4n) is 5.27. The Balaban J connectivity index is 1.50. The van der Waals surface area contributed by atoms with Gasteiger partial charge in [-0.15, -0.1) is 0 Å². The zero-order chi connectivity index (χ0) is 24.5. The molecule has 0 fully saturated rings. The molecule has 0 amide bonds. The first-order valence-electron chi connectivity index (χ1n) is 12.6. The highest BCUT2D eigenvalue weighted by atomic mass is 16.5. The quantitative estimate of drug-likeness (QED) is 0.566. The molecular weight excluding hydrogens is 438 g/mol. The topological polar surface area (TPSA) is 64.8 Å². The summed E-state index contributed by atoms with van der Waals surface area (Å²) < 4.78 is 17.9. The van der Waals surface area contributed by atoms with Crippen molar-refractivity contribution >= 4 is 17.7 Å². The summed E-state index contributed by atoms with van der Waals surface area (Å²) in [4.78, 5) is 14.4. The van der Waals surface area contributed by atoms with E-state index in [4.69, 9.17) is 29.2 Å². The predicted molar refractivity (Wildman–Crippen MR) is 140 cm³/mol. The maximum atomic E-state index is 6.09. The van der Waals surface area contributed by atoms with E-state index in [1.165, 1.54) is 38.9 Å². The molecule has 0 saturated carbocycles. The van der Waals surface area contributed by atoms with Crippen molar-refractivity contribution in [2.24, 2.45) is 15.0 Å². The number of hydrogen-bond donors (Lipinski definition) is 0. The Bertz CT molecular complexity index is 1140. The van der Waals surface area contributed by atoms with Gasteiger partial charge in [0.05, 0.1) is 12.1 Å². The summed E-state index contributed by atoms with van der Waals surface area (Å²) in [5.74, 6) is 2.45. The Morgan fingerprint density at radius 2 is 1.06 bits per heavy atom. The molecular formula is C29H35N3O3. The van der Waals surface area contributed by atoms with Crippen LogP contribution in [0.4, 0.5) is 0 Å². The van der Waals surface area contributed by atoms with Crippen LogP contribution in [-0.2, 0) is 33.5 Å². The van der Waals surface area contributed by atoms with E-state index in [0.29, 0.717) is 39.1 Å². The van der Waals surface area contributed by atoms with Crippen LogP contribution in [0.1, 0.15) is 58.8 Å². The summed E-state index contributed by atoms with van der Waals surface area (Å²) in [6, 6.07) is 10.9. The highest BCUT2D eigenvalue weighted by Gasteiger charge is 2.27. The second-order valence-electron chi connectivity index (χ2n) is 9.97. The van der Waals surface area contributed by atoms with Crippen molar-refractivity contribution in [3.05, 3.63) is 69.3 Å². The van der Waals surface area contributed by atoms with E-state index in [0.717, 1.165) is 17.7 Å². The van der Waals surface area contributed by atoms with Crippen molar-refractivity contribution in [3.63, 3.8) is 0 Å². The molecule has 6 heteroatoms. The summed E-state index contributed by atoms with van der Waals surface area (Å²) in [6.07, 6.45) is 2.08. The van der Waals surface area contributed by atoms with Crippen LogP contribution in [0, 0.1) is 20.8 Å². The minimum atomic E-state index is 0.0571. The fraction of sp³-hybridized carbons (Fsp3) is 0.483. The summed E-state index contributed by atoms with van der Waals surface area (Å²) in [5.41, 5.74) is 8.83. The van der Waals surface area contributed by atoms with Crippen molar-refractivity contribution in [1.29, 1.82) is 0 Å². The normalized spacial score (nSPS) is 23.3. The van der Waals surface area contributed by atoms with Crippen LogP contribution >= 0.6 is 0 Å². The summed E-state index contributed by atoms with van der Waals surface area (Å²) >= 11 is 0. The van der Waals surface area contributed by atoms with Gasteiger partial charge in [-0.1, -0.05) is 30.3 Å². The van der Waals surface area contributed by atoms with Crippen LogP contribution in [0.5, 0.6) is 0 Å². The van der Waals surface area contributed by atoms with E-state index in [-0.39, 0.29) is 18.1 Å². The van der Waals surface area contributed by atoms with Crippen LogP contribution in [0.3, 0.4) is 0 Å². The average Bonchev–Trinajstić information content (AvgIpc) is 3.59. The fourth-order valence-corrected chi connectivity index (χ4v) is 5.27. The van der Waals surface area contributed by atoms with Gasteiger partial charge in [0.1, 0.15) is 25.9 Å². The molecule has 3 aliphatic rings. The van der Waals surface area contributed by atoms with Gasteiger partial charge < -0.3 is 14.2 Å². The van der Waals surface area contributed by atoms with E-state index in [1.807, 2.05) is 6.07 Å². The molecule has 0 saturated heterocycles. The van der Waals surface area contributed by atoms with Gasteiger partial charge in [0.15, 0.2) is 17.7 Å². The lowest BCUT2D eigenvalue weighted by Gasteiger charge is -2.22. The zero-order valence-electron chi connectivity index (χ0n) is 21.4. The molecule has 0 radical (unpaired) electrons. The van der Waals surface area contributed by atoms with Crippen molar-refractivity contribution in [1.82, 2.24) is 0 Å². The van der Waals surface area contributed by atoms with Gasteiger partial charge in [-0.25, -0.2) is 15.0 Å². The largest absolute Gasteiger partial charge is 0.478 e. The molecule has 3 unspecified atom stereocenters. The Morgan fingerprint density at radius 3 is 1.49 bits per heavy atom. The molecule has 0 bridgehead atoms. The lowest BCUT2D eigenvalue weighted by Crippen LogP contribution is -2.16. The van der Waals surface area contributed by atoms with Gasteiger partial charge in [0, 0.05) is 19.3 Å². The first kappa shape index (κ1) is 23.6. The van der Waals surface area contributed by atoms with Gasteiger partial charge in [-0.3, -0.25) is 0 Å². The lowest BCUT2D eigenvalue weighted by molar-refractivity contribution is 0.313. The Hall–Kier alpha value is -3.15. The number of nitrogens with zero attached hydrogens (tertiary/aromatic N) is 3. The zero-order valence-corrected chi connectivity index (χ0v) is 21.4. The first-order chi connectivity index (χ1) is 16.9. The van der Waals surface area contributed by atoms with E-state index < -0.39 is 0 Å². The van der Waals surface area contributed by atoms with Crippen molar-refractivity contribution < 1.29 is 14.2 Å². The van der Waals surface area contributed by atoms with Gasteiger partial charge in [0.25, 0.3) is 0 Å². The number of rotatable bonds is 7. The Kier molecular flexibility index (Phi) is 6.63. The van der Waals surface area contributed by atoms with E-state index in [2.05, 4.69) is 58.9 Å². The molecule has 0 spiro atoms. The highest BCUT2D eigenvalue weighted by Crippen LogP contribution is 2.32. The summed E-state index contributed by atoms with van der Waals surface area (Å²) in [5, 5.41) is 0. The number of ether oxygens (including phenoxy) is 3. The highest BCUT2D eigenvalue weighted by molar-refractivity contribution is 5.85. The second-order valence-corrected chi connectivity index (χ2v) is 9.97. The van der Waals surface area contributed by atoms with Crippen LogP contribution in [0.15, 0.2) is 45.3 Å². The second kappa shape index (κ2) is 9.84. The molecule has 3 heterocycles. The smallest absolute Gasteiger partial charge is 0.188 e. The SMILES string of the molecule is Cc1c(CC2=NC(C)CO2)c(C)c(CC2=NC(c3ccccc3)CO2)c(C)c1CC1=NC(C)CO1. The number of hydrogen-bond acceptors (Lipinski definition) is 6. The standard InChI is InChI=1S/C29H35N3O3/c1-17-14-33-27(30-17)11-23-19(3)24(12-28-31-18(2)15-34-28)21(5)25(20(23)4)13-29-32-26(16-35-29)22-9-7-6-8-10-22/h6-10,17-18,26H,11-16H2,1-5H3. The van der Waals surface area contributed by atoms with Gasteiger partial charge in [-0.2, -0.15) is 0 Å². The third-order valence-electron chi connectivity index (χ3n) is 7.30. The maximum Gasteiger partial charge on any atom is 0.188 e. The van der Waals surface area contributed by atoms with Crippen LogP contribution in [0.2, 0.25) is 0 Å². The average molecular weight is 474 g/mol. The van der Waals surface area contributed by atoms with Crippen molar-refractivity contribution in [3.8, 4) is 0 Å². The first-order valence-corrected chi connectivity index (χ1v) is 12.6. The van der Waals surface area contributed by atoms with Crippen molar-refractivity contribution in [2.75, 3.05) is 19.8 Å². The van der Waals surface area contributed by atoms with Gasteiger partial charge in [-0.05, 0) is 73.6 Å². The maximum absolute atomic E-state index is 6.09. The molecule has 0 aliphatic carbocycles.